The van der Waals surface area contributed by atoms with Gasteiger partial charge in [-0.25, -0.2) is 0 Å². The minimum absolute atomic E-state index is 0.0289. The molecule has 1 aromatic carbocycles. The lowest BCUT2D eigenvalue weighted by Gasteiger charge is -2.03. The molecule has 0 saturated carbocycles. The van der Waals surface area contributed by atoms with Crippen molar-refractivity contribution in [1.82, 2.24) is 4.98 Å². The molecule has 2 heteroatoms. The fraction of sp³-hybridized carbons (Fsp3) is 0.0769. The van der Waals surface area contributed by atoms with Gasteiger partial charge >= 0.3 is 0 Å². The second-order valence-corrected chi connectivity index (χ2v) is 3.39. The maximum atomic E-state index is 12.0. The Labute approximate surface area is 88.6 Å². The molecule has 0 atom stereocenters. The molecular formula is C13H11NO. The number of benzene rings is 1. The number of hydrogen-bond acceptors (Lipinski definition) is 2. The summed E-state index contributed by atoms with van der Waals surface area (Å²) in [6.45, 7) is 1.93. The molecule has 2 rings (SSSR count). The fourth-order valence-corrected chi connectivity index (χ4v) is 1.48. The summed E-state index contributed by atoms with van der Waals surface area (Å²) >= 11 is 0. The standard InChI is InChI=1S/C13H11NO/c1-10-5-2-3-7-12(10)13(15)11-6-4-8-14-9-11/h2-9H,1H3. The lowest BCUT2D eigenvalue weighted by Crippen LogP contribution is -2.03. The van der Waals surface area contributed by atoms with Crippen molar-refractivity contribution in [2.45, 2.75) is 6.92 Å². The van der Waals surface area contributed by atoms with Gasteiger partial charge in [0.15, 0.2) is 5.78 Å². The monoisotopic (exact) mass is 197 g/mol. The minimum Gasteiger partial charge on any atom is -0.289 e. The van der Waals surface area contributed by atoms with Crippen LogP contribution in [0, 0.1) is 6.92 Å². The van der Waals surface area contributed by atoms with E-state index in [-0.39, 0.29) is 5.78 Å². The van der Waals surface area contributed by atoms with Gasteiger partial charge in [-0.3, -0.25) is 9.78 Å². The van der Waals surface area contributed by atoms with E-state index in [1.54, 1.807) is 24.5 Å². The Morgan fingerprint density at radius 3 is 2.60 bits per heavy atom. The SMILES string of the molecule is Cc1ccccc1C(=O)c1cccnc1. The van der Waals surface area contributed by atoms with E-state index in [9.17, 15) is 4.79 Å². The number of hydrogen-bond donors (Lipinski definition) is 0. The Morgan fingerprint density at radius 1 is 1.13 bits per heavy atom. The summed E-state index contributed by atoms with van der Waals surface area (Å²) in [4.78, 5) is 16.0. The molecule has 0 fully saturated rings. The topological polar surface area (TPSA) is 30.0 Å². The summed E-state index contributed by atoms with van der Waals surface area (Å²) < 4.78 is 0. The molecule has 0 aliphatic heterocycles. The highest BCUT2D eigenvalue weighted by Crippen LogP contribution is 2.12. The van der Waals surface area contributed by atoms with Gasteiger partial charge in [-0.05, 0) is 24.6 Å². The van der Waals surface area contributed by atoms with Crippen LogP contribution >= 0.6 is 0 Å². The largest absolute Gasteiger partial charge is 0.289 e. The van der Waals surface area contributed by atoms with Gasteiger partial charge < -0.3 is 0 Å². The fourth-order valence-electron chi connectivity index (χ4n) is 1.48. The summed E-state index contributed by atoms with van der Waals surface area (Å²) in [7, 11) is 0. The van der Waals surface area contributed by atoms with Crippen LogP contribution in [0.4, 0.5) is 0 Å². The van der Waals surface area contributed by atoms with Crippen LogP contribution in [0.2, 0.25) is 0 Å². The van der Waals surface area contributed by atoms with E-state index >= 15 is 0 Å². The van der Waals surface area contributed by atoms with Crippen LogP contribution in [0.3, 0.4) is 0 Å². The predicted octanol–water partition coefficient (Wildman–Crippen LogP) is 2.62. The predicted molar refractivity (Wildman–Crippen MR) is 58.8 cm³/mol. The number of carbonyl (C=O) groups is 1. The van der Waals surface area contributed by atoms with Crippen LogP contribution in [0.25, 0.3) is 0 Å². The molecule has 2 nitrogen and oxygen atoms in total. The summed E-state index contributed by atoms with van der Waals surface area (Å²) in [6, 6.07) is 11.1. The zero-order valence-electron chi connectivity index (χ0n) is 8.47. The Bertz CT molecular complexity index is 477. The van der Waals surface area contributed by atoms with Gasteiger partial charge in [0.2, 0.25) is 0 Å². The molecule has 0 spiro atoms. The zero-order chi connectivity index (χ0) is 10.7. The Kier molecular flexibility index (Phi) is 2.59. The number of nitrogens with zero attached hydrogens (tertiary/aromatic N) is 1. The Balaban J connectivity index is 2.42. The van der Waals surface area contributed by atoms with Crippen molar-refractivity contribution >= 4 is 5.78 Å². The Hall–Kier alpha value is -1.96. The molecule has 1 heterocycles. The minimum atomic E-state index is 0.0289. The first-order valence-corrected chi connectivity index (χ1v) is 4.79. The first kappa shape index (κ1) is 9.59. The van der Waals surface area contributed by atoms with E-state index in [1.165, 1.54) is 0 Å². The van der Waals surface area contributed by atoms with E-state index in [2.05, 4.69) is 4.98 Å². The highest BCUT2D eigenvalue weighted by atomic mass is 16.1. The summed E-state index contributed by atoms with van der Waals surface area (Å²) in [5.74, 6) is 0.0289. The quantitative estimate of drug-likeness (QED) is 0.693. The molecule has 0 bridgehead atoms. The van der Waals surface area contributed by atoms with Crippen LogP contribution in [0.5, 0.6) is 0 Å². The maximum absolute atomic E-state index is 12.0. The van der Waals surface area contributed by atoms with Gasteiger partial charge in [0, 0.05) is 23.5 Å². The summed E-state index contributed by atoms with van der Waals surface area (Å²) in [5, 5.41) is 0. The van der Waals surface area contributed by atoms with Crippen molar-refractivity contribution in [2.75, 3.05) is 0 Å². The molecule has 0 saturated heterocycles. The Morgan fingerprint density at radius 2 is 1.93 bits per heavy atom. The van der Waals surface area contributed by atoms with E-state index in [0.29, 0.717) is 5.56 Å². The van der Waals surface area contributed by atoms with Gasteiger partial charge in [0.05, 0.1) is 0 Å². The molecule has 0 amide bonds. The van der Waals surface area contributed by atoms with Crippen LogP contribution in [0.15, 0.2) is 48.8 Å². The number of carbonyl (C=O) groups excluding carboxylic acids is 1. The highest BCUT2D eigenvalue weighted by Gasteiger charge is 2.10. The van der Waals surface area contributed by atoms with Crippen molar-refractivity contribution in [3.8, 4) is 0 Å². The molecule has 0 N–H and O–H groups in total. The van der Waals surface area contributed by atoms with Crippen molar-refractivity contribution in [1.29, 1.82) is 0 Å². The van der Waals surface area contributed by atoms with Crippen LogP contribution in [-0.2, 0) is 0 Å². The van der Waals surface area contributed by atoms with Crippen LogP contribution in [-0.4, -0.2) is 10.8 Å². The van der Waals surface area contributed by atoms with Gasteiger partial charge in [0.1, 0.15) is 0 Å². The average Bonchev–Trinajstić information content (AvgIpc) is 2.30. The van der Waals surface area contributed by atoms with Gasteiger partial charge in [-0.15, -0.1) is 0 Å². The third kappa shape index (κ3) is 1.94. The molecule has 74 valence electrons. The van der Waals surface area contributed by atoms with E-state index < -0.39 is 0 Å². The average molecular weight is 197 g/mol. The van der Waals surface area contributed by atoms with Gasteiger partial charge in [-0.2, -0.15) is 0 Å². The number of ketones is 1. The first-order chi connectivity index (χ1) is 7.29. The maximum Gasteiger partial charge on any atom is 0.194 e. The molecule has 0 aliphatic rings. The lowest BCUT2D eigenvalue weighted by molar-refractivity contribution is 0.103. The number of aryl methyl sites for hydroxylation is 1. The molecule has 15 heavy (non-hydrogen) atoms. The van der Waals surface area contributed by atoms with Gasteiger partial charge in [-0.1, -0.05) is 24.3 Å². The third-order valence-electron chi connectivity index (χ3n) is 2.31. The van der Waals surface area contributed by atoms with E-state index in [1.807, 2.05) is 31.2 Å². The highest BCUT2D eigenvalue weighted by molar-refractivity contribution is 6.09. The summed E-state index contributed by atoms with van der Waals surface area (Å²) in [5.41, 5.74) is 2.36. The second-order valence-electron chi connectivity index (χ2n) is 3.39. The lowest BCUT2D eigenvalue weighted by atomic mass is 10.0. The van der Waals surface area contributed by atoms with E-state index in [0.717, 1.165) is 11.1 Å². The molecule has 2 aromatic rings. The van der Waals surface area contributed by atoms with Crippen molar-refractivity contribution < 1.29 is 4.79 Å². The molecule has 0 aliphatic carbocycles. The molecule has 1 aromatic heterocycles. The molecule has 0 unspecified atom stereocenters. The first-order valence-electron chi connectivity index (χ1n) is 4.79. The van der Waals surface area contributed by atoms with Gasteiger partial charge in [0.25, 0.3) is 0 Å². The zero-order valence-corrected chi connectivity index (χ0v) is 8.47. The number of rotatable bonds is 2. The van der Waals surface area contributed by atoms with Crippen molar-refractivity contribution in [3.63, 3.8) is 0 Å². The number of pyridine rings is 1. The molecular weight excluding hydrogens is 186 g/mol. The second kappa shape index (κ2) is 4.05. The molecule has 0 radical (unpaired) electrons. The van der Waals surface area contributed by atoms with Crippen LogP contribution in [0.1, 0.15) is 21.5 Å². The third-order valence-corrected chi connectivity index (χ3v) is 2.31. The van der Waals surface area contributed by atoms with Crippen LogP contribution < -0.4 is 0 Å². The van der Waals surface area contributed by atoms with Crippen molar-refractivity contribution in [3.05, 3.63) is 65.5 Å². The van der Waals surface area contributed by atoms with E-state index in [4.69, 9.17) is 0 Å². The normalized spacial score (nSPS) is 9.93. The number of aromatic nitrogens is 1. The smallest absolute Gasteiger partial charge is 0.194 e. The van der Waals surface area contributed by atoms with Crippen molar-refractivity contribution in [2.24, 2.45) is 0 Å². The summed E-state index contributed by atoms with van der Waals surface area (Å²) in [6.07, 6.45) is 3.25.